The first-order valence-electron chi connectivity index (χ1n) is 7.29. The molecule has 1 unspecified atom stereocenters. The van der Waals surface area contributed by atoms with E-state index in [-0.39, 0.29) is 12.7 Å². The standard InChI is InChI=1S/C15H21N3O3/c1-18-4-2-3-10(8-18)7-17-15(19)11-5-13-14(6-12(11)16)21-9-20-13/h5-6,10H,2-4,7-9,16H2,1H3,(H,17,19). The lowest BCUT2D eigenvalue weighted by atomic mass is 9.98. The number of benzene rings is 1. The SMILES string of the molecule is CN1CCCC(CNC(=O)c2cc3c(cc2N)OCO3)C1. The van der Waals surface area contributed by atoms with Gasteiger partial charge < -0.3 is 25.4 Å². The zero-order valence-electron chi connectivity index (χ0n) is 12.2. The van der Waals surface area contributed by atoms with Gasteiger partial charge in [-0.15, -0.1) is 0 Å². The number of nitrogens with zero attached hydrogens (tertiary/aromatic N) is 1. The number of anilines is 1. The van der Waals surface area contributed by atoms with E-state index in [1.807, 2.05) is 0 Å². The second-order valence-corrected chi connectivity index (χ2v) is 5.77. The molecule has 0 aromatic heterocycles. The first-order chi connectivity index (χ1) is 10.1. The molecule has 1 atom stereocenters. The van der Waals surface area contributed by atoms with Crippen molar-refractivity contribution in [1.82, 2.24) is 10.2 Å². The molecule has 21 heavy (non-hydrogen) atoms. The van der Waals surface area contributed by atoms with E-state index in [9.17, 15) is 4.79 Å². The van der Waals surface area contributed by atoms with E-state index in [1.54, 1.807) is 12.1 Å². The second-order valence-electron chi connectivity index (χ2n) is 5.77. The molecule has 2 aliphatic rings. The minimum atomic E-state index is -0.154. The molecule has 0 bridgehead atoms. The predicted octanol–water partition coefficient (Wildman–Crippen LogP) is 1.07. The van der Waals surface area contributed by atoms with Gasteiger partial charge >= 0.3 is 0 Å². The zero-order chi connectivity index (χ0) is 14.8. The summed E-state index contributed by atoms with van der Waals surface area (Å²) in [5, 5.41) is 2.98. The highest BCUT2D eigenvalue weighted by atomic mass is 16.7. The van der Waals surface area contributed by atoms with Gasteiger partial charge in [-0.3, -0.25) is 4.79 Å². The largest absolute Gasteiger partial charge is 0.454 e. The fourth-order valence-electron chi connectivity index (χ4n) is 2.93. The summed E-state index contributed by atoms with van der Waals surface area (Å²) in [6, 6.07) is 3.30. The van der Waals surface area contributed by atoms with Crippen molar-refractivity contribution in [3.8, 4) is 11.5 Å². The molecule has 0 spiro atoms. The van der Waals surface area contributed by atoms with Crippen LogP contribution in [0.15, 0.2) is 12.1 Å². The second kappa shape index (κ2) is 5.81. The maximum atomic E-state index is 12.3. The smallest absolute Gasteiger partial charge is 0.253 e. The van der Waals surface area contributed by atoms with Gasteiger partial charge in [0.05, 0.1) is 5.56 Å². The van der Waals surface area contributed by atoms with Gasteiger partial charge in [-0.05, 0) is 38.4 Å². The van der Waals surface area contributed by atoms with Gasteiger partial charge in [-0.2, -0.15) is 0 Å². The summed E-state index contributed by atoms with van der Waals surface area (Å²) in [4.78, 5) is 14.6. The molecule has 0 aliphatic carbocycles. The maximum absolute atomic E-state index is 12.3. The minimum absolute atomic E-state index is 0.154. The van der Waals surface area contributed by atoms with Crippen LogP contribution >= 0.6 is 0 Å². The molecule has 6 nitrogen and oxygen atoms in total. The molecule has 1 amide bonds. The molecule has 2 aliphatic heterocycles. The van der Waals surface area contributed by atoms with Gasteiger partial charge in [0.1, 0.15) is 0 Å². The predicted molar refractivity (Wildman–Crippen MR) is 79.5 cm³/mol. The van der Waals surface area contributed by atoms with Crippen LogP contribution in [-0.4, -0.2) is 44.3 Å². The number of carbonyl (C=O) groups excluding carboxylic acids is 1. The third-order valence-corrected chi connectivity index (χ3v) is 4.06. The van der Waals surface area contributed by atoms with Crippen LogP contribution in [0.5, 0.6) is 11.5 Å². The fourth-order valence-corrected chi connectivity index (χ4v) is 2.93. The van der Waals surface area contributed by atoms with Crippen LogP contribution in [0.4, 0.5) is 5.69 Å². The highest BCUT2D eigenvalue weighted by molar-refractivity contribution is 6.00. The van der Waals surface area contributed by atoms with Crippen molar-refractivity contribution in [2.75, 3.05) is 39.2 Å². The molecule has 3 rings (SSSR count). The molecule has 6 heteroatoms. The Labute approximate surface area is 124 Å². The number of amides is 1. The molecule has 3 N–H and O–H groups in total. The summed E-state index contributed by atoms with van der Waals surface area (Å²) in [6.45, 7) is 3.02. The molecule has 1 saturated heterocycles. The van der Waals surface area contributed by atoms with Crippen molar-refractivity contribution < 1.29 is 14.3 Å². The number of likely N-dealkylation sites (tertiary alicyclic amines) is 1. The molecular formula is C15H21N3O3. The number of rotatable bonds is 3. The number of carbonyl (C=O) groups is 1. The normalized spacial score (nSPS) is 21.3. The van der Waals surface area contributed by atoms with Gasteiger partial charge in [0.25, 0.3) is 5.91 Å². The maximum Gasteiger partial charge on any atom is 0.253 e. The van der Waals surface area contributed by atoms with Gasteiger partial charge in [0, 0.05) is 24.8 Å². The topological polar surface area (TPSA) is 76.8 Å². The highest BCUT2D eigenvalue weighted by Gasteiger charge is 2.21. The van der Waals surface area contributed by atoms with Crippen molar-refractivity contribution >= 4 is 11.6 Å². The summed E-state index contributed by atoms with van der Waals surface area (Å²) in [7, 11) is 2.11. The van der Waals surface area contributed by atoms with Crippen molar-refractivity contribution in [2.45, 2.75) is 12.8 Å². The van der Waals surface area contributed by atoms with Crippen LogP contribution < -0.4 is 20.5 Å². The van der Waals surface area contributed by atoms with Crippen LogP contribution in [0.25, 0.3) is 0 Å². The Morgan fingerprint density at radius 3 is 2.95 bits per heavy atom. The summed E-state index contributed by atoms with van der Waals surface area (Å²) >= 11 is 0. The van der Waals surface area contributed by atoms with Gasteiger partial charge in [0.15, 0.2) is 11.5 Å². The van der Waals surface area contributed by atoms with E-state index >= 15 is 0 Å². The van der Waals surface area contributed by atoms with E-state index < -0.39 is 0 Å². The molecular weight excluding hydrogens is 270 g/mol. The Hall–Kier alpha value is -1.95. The summed E-state index contributed by atoms with van der Waals surface area (Å²) < 4.78 is 10.5. The monoisotopic (exact) mass is 291 g/mol. The van der Waals surface area contributed by atoms with Crippen molar-refractivity contribution in [3.63, 3.8) is 0 Å². The third-order valence-electron chi connectivity index (χ3n) is 4.06. The summed E-state index contributed by atoms with van der Waals surface area (Å²) in [6.07, 6.45) is 2.34. The minimum Gasteiger partial charge on any atom is -0.454 e. The average Bonchev–Trinajstić information content (AvgIpc) is 2.91. The van der Waals surface area contributed by atoms with Crippen LogP contribution in [0.3, 0.4) is 0 Å². The first kappa shape index (κ1) is 14.0. The Morgan fingerprint density at radius 2 is 2.19 bits per heavy atom. The third kappa shape index (κ3) is 3.05. The van der Waals surface area contributed by atoms with Crippen molar-refractivity contribution in [3.05, 3.63) is 17.7 Å². The number of fused-ring (bicyclic) bond motifs is 1. The first-order valence-corrected chi connectivity index (χ1v) is 7.29. The van der Waals surface area contributed by atoms with Gasteiger partial charge in [-0.1, -0.05) is 0 Å². The van der Waals surface area contributed by atoms with Crippen molar-refractivity contribution in [1.29, 1.82) is 0 Å². The van der Waals surface area contributed by atoms with E-state index in [1.165, 1.54) is 6.42 Å². The van der Waals surface area contributed by atoms with Gasteiger partial charge in [-0.25, -0.2) is 0 Å². The van der Waals surface area contributed by atoms with Crippen LogP contribution in [0, 0.1) is 5.92 Å². The Bertz CT molecular complexity index is 547. The zero-order valence-corrected chi connectivity index (χ0v) is 12.2. The average molecular weight is 291 g/mol. The van der Waals surface area contributed by atoms with E-state index in [4.69, 9.17) is 15.2 Å². The Kier molecular flexibility index (Phi) is 3.88. The lowest BCUT2D eigenvalue weighted by Crippen LogP contribution is -2.39. The molecule has 2 heterocycles. The molecule has 0 radical (unpaired) electrons. The van der Waals surface area contributed by atoms with Crippen LogP contribution in [-0.2, 0) is 0 Å². The number of nitrogens with one attached hydrogen (secondary N) is 1. The molecule has 1 aromatic rings. The van der Waals surface area contributed by atoms with Crippen LogP contribution in [0.2, 0.25) is 0 Å². The van der Waals surface area contributed by atoms with E-state index in [0.29, 0.717) is 35.2 Å². The van der Waals surface area contributed by atoms with Crippen LogP contribution in [0.1, 0.15) is 23.2 Å². The molecule has 114 valence electrons. The lowest BCUT2D eigenvalue weighted by molar-refractivity contribution is 0.0937. The van der Waals surface area contributed by atoms with Gasteiger partial charge in [0.2, 0.25) is 6.79 Å². The van der Waals surface area contributed by atoms with E-state index in [2.05, 4.69) is 17.3 Å². The number of hydrogen-bond acceptors (Lipinski definition) is 5. The summed E-state index contributed by atoms with van der Waals surface area (Å²) in [5.74, 6) is 1.52. The lowest BCUT2D eigenvalue weighted by Gasteiger charge is -2.29. The Morgan fingerprint density at radius 1 is 1.43 bits per heavy atom. The van der Waals surface area contributed by atoms with E-state index in [0.717, 1.165) is 19.5 Å². The number of nitrogens with two attached hydrogens (primary N) is 1. The number of ether oxygens (including phenoxy) is 2. The number of hydrogen-bond donors (Lipinski definition) is 2. The fraction of sp³-hybridized carbons (Fsp3) is 0.533. The molecule has 1 fully saturated rings. The molecule has 0 saturated carbocycles. The summed E-state index contributed by atoms with van der Waals surface area (Å²) in [5.41, 5.74) is 6.78. The Balaban J connectivity index is 1.63. The highest BCUT2D eigenvalue weighted by Crippen LogP contribution is 2.35. The number of piperidine rings is 1. The molecule has 1 aromatic carbocycles. The van der Waals surface area contributed by atoms with Crippen molar-refractivity contribution in [2.24, 2.45) is 5.92 Å². The number of nitrogen functional groups attached to an aromatic ring is 1. The quantitative estimate of drug-likeness (QED) is 0.815.